The fourth-order valence-electron chi connectivity index (χ4n) is 2.22. The van der Waals surface area contributed by atoms with Gasteiger partial charge in [-0.15, -0.1) is 0 Å². The Labute approximate surface area is 118 Å². The molecule has 0 radical (unpaired) electrons. The number of methoxy groups -OCH3 is 1. The maximum Gasteiger partial charge on any atom is 0.341 e. The molecule has 0 amide bonds. The Balaban J connectivity index is 2.50. The first-order valence-corrected chi connectivity index (χ1v) is 6.44. The van der Waals surface area contributed by atoms with Crippen LogP contribution < -0.4 is 0 Å². The summed E-state index contributed by atoms with van der Waals surface area (Å²) >= 11 is 0. The molecule has 20 heavy (non-hydrogen) atoms. The Bertz CT molecular complexity index is 615. The molecule has 0 heterocycles. The first-order chi connectivity index (χ1) is 9.46. The van der Waals surface area contributed by atoms with Crippen molar-refractivity contribution in [2.45, 2.75) is 19.3 Å². The number of phenolic OH excluding ortho intramolecular Hbond substituents is 1. The monoisotopic (exact) mass is 270 g/mol. The van der Waals surface area contributed by atoms with E-state index in [2.05, 4.69) is 13.8 Å². The molecule has 2 aromatic rings. The van der Waals surface area contributed by atoms with Crippen molar-refractivity contribution in [3.63, 3.8) is 0 Å². The van der Waals surface area contributed by atoms with Gasteiger partial charge >= 0.3 is 5.97 Å². The van der Waals surface area contributed by atoms with Gasteiger partial charge in [-0.25, -0.2) is 4.79 Å². The normalized spacial score (nSPS) is 11.2. The molecule has 0 aliphatic heterocycles. The number of benzene rings is 2. The first kappa shape index (κ1) is 14.1. The van der Waals surface area contributed by atoms with Gasteiger partial charge in [0.1, 0.15) is 11.3 Å². The molecule has 0 saturated heterocycles. The van der Waals surface area contributed by atoms with Crippen molar-refractivity contribution in [1.29, 1.82) is 0 Å². The second-order valence-corrected chi connectivity index (χ2v) is 5.21. The number of ether oxygens (including phenoxy) is 1. The number of carbonyl (C=O) groups excluding carboxylic acids is 1. The minimum absolute atomic E-state index is 0.0653. The highest BCUT2D eigenvalue weighted by Gasteiger charge is 2.25. The molecule has 104 valence electrons. The third kappa shape index (κ3) is 2.52. The van der Waals surface area contributed by atoms with Crippen molar-refractivity contribution in [3.05, 3.63) is 65.2 Å². The van der Waals surface area contributed by atoms with E-state index in [0.717, 1.165) is 11.1 Å². The average Bonchev–Trinajstić information content (AvgIpc) is 2.47. The second-order valence-electron chi connectivity index (χ2n) is 5.21. The number of carbonyl (C=O) groups is 1. The zero-order valence-electron chi connectivity index (χ0n) is 11.9. The highest BCUT2D eigenvalue weighted by atomic mass is 16.5. The minimum atomic E-state index is -0.534. The van der Waals surface area contributed by atoms with Gasteiger partial charge in [0.05, 0.1) is 7.11 Å². The molecule has 3 heteroatoms. The Morgan fingerprint density at radius 3 is 2.30 bits per heavy atom. The molecule has 0 atom stereocenters. The Kier molecular flexibility index (Phi) is 3.79. The summed E-state index contributed by atoms with van der Waals surface area (Å²) < 4.78 is 4.69. The summed E-state index contributed by atoms with van der Waals surface area (Å²) in [6.07, 6.45) is 0. The topological polar surface area (TPSA) is 46.5 Å². The molecule has 0 unspecified atom stereocenters. The lowest BCUT2D eigenvalue weighted by Crippen LogP contribution is -2.19. The Hall–Kier alpha value is -2.29. The fourth-order valence-corrected chi connectivity index (χ4v) is 2.22. The van der Waals surface area contributed by atoms with Crippen molar-refractivity contribution in [2.75, 3.05) is 7.11 Å². The molecule has 0 fully saturated rings. The van der Waals surface area contributed by atoms with Gasteiger partial charge in [0, 0.05) is 5.41 Å². The van der Waals surface area contributed by atoms with Crippen LogP contribution in [0.3, 0.4) is 0 Å². The van der Waals surface area contributed by atoms with Gasteiger partial charge < -0.3 is 9.84 Å². The summed E-state index contributed by atoms with van der Waals surface area (Å²) in [6, 6.07) is 15.1. The summed E-state index contributed by atoms with van der Waals surface area (Å²) in [5.41, 5.74) is 2.01. The van der Waals surface area contributed by atoms with E-state index in [1.54, 1.807) is 6.07 Å². The third-order valence-electron chi connectivity index (χ3n) is 3.62. The molecule has 2 rings (SSSR count). The number of aromatic hydroxyl groups is 1. The Morgan fingerprint density at radius 2 is 1.70 bits per heavy atom. The smallest absolute Gasteiger partial charge is 0.341 e. The highest BCUT2D eigenvalue weighted by molar-refractivity contribution is 5.92. The standard InChI is InChI=1S/C17H18O3/c1-17(2,12-7-5-4-6-8-12)13-9-10-15(18)14(11-13)16(19)20-3/h4-11,18H,1-3H3. The van der Waals surface area contributed by atoms with Crippen molar-refractivity contribution in [3.8, 4) is 5.75 Å². The van der Waals surface area contributed by atoms with Crippen LogP contribution in [-0.2, 0) is 10.2 Å². The van der Waals surface area contributed by atoms with Crippen molar-refractivity contribution in [2.24, 2.45) is 0 Å². The molecule has 0 saturated carbocycles. The summed E-state index contributed by atoms with van der Waals surface area (Å²) in [6.45, 7) is 4.16. The number of phenols is 1. The van der Waals surface area contributed by atoms with Crippen molar-refractivity contribution >= 4 is 5.97 Å². The van der Waals surface area contributed by atoms with E-state index in [4.69, 9.17) is 4.74 Å². The summed E-state index contributed by atoms with van der Waals surface area (Å²) in [4.78, 5) is 11.7. The number of hydrogen-bond donors (Lipinski definition) is 1. The van der Waals surface area contributed by atoms with Crippen LogP contribution in [0.15, 0.2) is 48.5 Å². The van der Waals surface area contributed by atoms with E-state index >= 15 is 0 Å². The lowest BCUT2D eigenvalue weighted by molar-refractivity contribution is 0.0597. The lowest BCUT2D eigenvalue weighted by Gasteiger charge is -2.26. The lowest BCUT2D eigenvalue weighted by atomic mass is 9.77. The average molecular weight is 270 g/mol. The van der Waals surface area contributed by atoms with E-state index < -0.39 is 5.97 Å². The molecule has 0 aliphatic carbocycles. The highest BCUT2D eigenvalue weighted by Crippen LogP contribution is 2.33. The zero-order valence-corrected chi connectivity index (χ0v) is 11.9. The van der Waals surface area contributed by atoms with Crippen LogP contribution >= 0.6 is 0 Å². The van der Waals surface area contributed by atoms with Gasteiger partial charge in [0.15, 0.2) is 0 Å². The molecule has 1 N–H and O–H groups in total. The van der Waals surface area contributed by atoms with Gasteiger partial charge in [-0.2, -0.15) is 0 Å². The second kappa shape index (κ2) is 5.37. The van der Waals surface area contributed by atoms with E-state index in [9.17, 15) is 9.90 Å². The molecular weight excluding hydrogens is 252 g/mol. The van der Waals surface area contributed by atoms with E-state index in [-0.39, 0.29) is 16.7 Å². The zero-order chi connectivity index (χ0) is 14.8. The number of hydrogen-bond acceptors (Lipinski definition) is 3. The minimum Gasteiger partial charge on any atom is -0.507 e. The number of esters is 1. The van der Waals surface area contributed by atoms with E-state index in [1.165, 1.54) is 13.2 Å². The van der Waals surface area contributed by atoms with Crippen LogP contribution in [0, 0.1) is 0 Å². The van der Waals surface area contributed by atoms with Gasteiger partial charge in [0.2, 0.25) is 0 Å². The van der Waals surface area contributed by atoms with Crippen molar-refractivity contribution < 1.29 is 14.6 Å². The molecule has 3 nitrogen and oxygen atoms in total. The van der Waals surface area contributed by atoms with Crippen LogP contribution in [0.4, 0.5) is 0 Å². The van der Waals surface area contributed by atoms with Crippen LogP contribution in [0.2, 0.25) is 0 Å². The molecular formula is C17H18O3. The van der Waals surface area contributed by atoms with Gasteiger partial charge in [-0.05, 0) is 23.3 Å². The maximum atomic E-state index is 11.7. The number of rotatable bonds is 3. The SMILES string of the molecule is COC(=O)c1cc(C(C)(C)c2ccccc2)ccc1O. The van der Waals surface area contributed by atoms with E-state index in [0.29, 0.717) is 0 Å². The molecule has 0 aliphatic rings. The quantitative estimate of drug-likeness (QED) is 0.868. The van der Waals surface area contributed by atoms with Gasteiger partial charge in [-0.1, -0.05) is 50.2 Å². The largest absolute Gasteiger partial charge is 0.507 e. The molecule has 0 spiro atoms. The summed E-state index contributed by atoms with van der Waals surface area (Å²) in [7, 11) is 1.30. The van der Waals surface area contributed by atoms with Gasteiger partial charge in [-0.3, -0.25) is 0 Å². The summed E-state index contributed by atoms with van der Waals surface area (Å²) in [5, 5.41) is 9.77. The third-order valence-corrected chi connectivity index (χ3v) is 3.62. The van der Waals surface area contributed by atoms with Crippen LogP contribution in [0.1, 0.15) is 35.3 Å². The predicted molar refractivity (Wildman–Crippen MR) is 78.0 cm³/mol. The molecule has 2 aromatic carbocycles. The van der Waals surface area contributed by atoms with Crippen LogP contribution in [0.5, 0.6) is 5.75 Å². The van der Waals surface area contributed by atoms with Crippen LogP contribution in [0.25, 0.3) is 0 Å². The maximum absolute atomic E-state index is 11.7. The summed E-state index contributed by atoms with van der Waals surface area (Å²) in [5.74, 6) is -0.599. The molecule has 0 aromatic heterocycles. The van der Waals surface area contributed by atoms with Crippen molar-refractivity contribution in [1.82, 2.24) is 0 Å². The van der Waals surface area contributed by atoms with Crippen LogP contribution in [-0.4, -0.2) is 18.2 Å². The van der Waals surface area contributed by atoms with E-state index in [1.807, 2.05) is 36.4 Å². The van der Waals surface area contributed by atoms with Gasteiger partial charge in [0.25, 0.3) is 0 Å². The molecule has 0 bridgehead atoms. The predicted octanol–water partition coefficient (Wildman–Crippen LogP) is 3.50. The Morgan fingerprint density at radius 1 is 1.05 bits per heavy atom. The fraction of sp³-hybridized carbons (Fsp3) is 0.235. The first-order valence-electron chi connectivity index (χ1n) is 6.44.